The van der Waals surface area contributed by atoms with Crippen LogP contribution < -0.4 is 5.32 Å². The molecule has 0 fully saturated rings. The van der Waals surface area contributed by atoms with Crippen LogP contribution in [-0.4, -0.2) is 28.9 Å². The lowest BCUT2D eigenvalue weighted by atomic mass is 10.1. The quantitative estimate of drug-likeness (QED) is 0.888. The third-order valence-corrected chi connectivity index (χ3v) is 3.61. The molecule has 0 spiro atoms. The Kier molecular flexibility index (Phi) is 5.53. The minimum atomic E-state index is -0.0183. The van der Waals surface area contributed by atoms with E-state index in [-0.39, 0.29) is 5.91 Å². The van der Waals surface area contributed by atoms with Gasteiger partial charge in [0, 0.05) is 19.6 Å². The summed E-state index contributed by atoms with van der Waals surface area (Å²) in [6, 6.07) is 12.1. The molecule has 0 saturated heterocycles. The predicted octanol–water partition coefficient (Wildman–Crippen LogP) is 3.48. The minimum absolute atomic E-state index is 0.0183. The summed E-state index contributed by atoms with van der Waals surface area (Å²) < 4.78 is 0. The van der Waals surface area contributed by atoms with E-state index in [9.17, 15) is 4.79 Å². The van der Waals surface area contributed by atoms with Crippen molar-refractivity contribution >= 4 is 11.6 Å². The maximum Gasteiger partial charge on any atom is 0.272 e. The lowest BCUT2D eigenvalue weighted by Gasteiger charge is -2.18. The highest BCUT2D eigenvalue weighted by Crippen LogP contribution is 2.11. The summed E-state index contributed by atoms with van der Waals surface area (Å²) >= 11 is 0. The van der Waals surface area contributed by atoms with E-state index < -0.39 is 0 Å². The lowest BCUT2D eigenvalue weighted by Crippen LogP contribution is -2.31. The van der Waals surface area contributed by atoms with Crippen LogP contribution in [0.3, 0.4) is 0 Å². The number of aromatic nitrogens is 1. The summed E-state index contributed by atoms with van der Waals surface area (Å²) in [5, 5.41) is 3.32. The number of aryl methyl sites for hydroxylation is 1. The maximum absolute atomic E-state index is 12.2. The van der Waals surface area contributed by atoms with Gasteiger partial charge in [-0.3, -0.25) is 4.79 Å². The summed E-state index contributed by atoms with van der Waals surface area (Å²) in [7, 11) is 0. The van der Waals surface area contributed by atoms with Crippen molar-refractivity contribution in [3.63, 3.8) is 0 Å². The number of nitrogens with zero attached hydrogens (tertiary/aromatic N) is 2. The van der Waals surface area contributed by atoms with Gasteiger partial charge in [-0.05, 0) is 38.5 Å². The Morgan fingerprint density at radius 2 is 1.95 bits per heavy atom. The topological polar surface area (TPSA) is 45.2 Å². The Morgan fingerprint density at radius 1 is 1.18 bits per heavy atom. The SMILES string of the molecule is CCN(CC)C(=O)c1ccc(NCc2cccc(C)c2)cn1. The molecule has 1 N–H and O–H groups in total. The van der Waals surface area contributed by atoms with Gasteiger partial charge in [-0.1, -0.05) is 29.8 Å². The molecule has 0 aliphatic rings. The first-order valence-electron chi connectivity index (χ1n) is 7.68. The molecule has 116 valence electrons. The van der Waals surface area contributed by atoms with Crippen LogP contribution in [0.2, 0.25) is 0 Å². The second kappa shape index (κ2) is 7.59. The summed E-state index contributed by atoms with van der Waals surface area (Å²) in [5.74, 6) is -0.0183. The summed E-state index contributed by atoms with van der Waals surface area (Å²) in [4.78, 5) is 18.2. The van der Waals surface area contributed by atoms with E-state index >= 15 is 0 Å². The zero-order chi connectivity index (χ0) is 15.9. The number of amides is 1. The Balaban J connectivity index is 1.98. The molecule has 0 aliphatic heterocycles. The third kappa shape index (κ3) is 4.07. The van der Waals surface area contributed by atoms with Crippen LogP contribution in [0.1, 0.15) is 35.5 Å². The van der Waals surface area contributed by atoms with E-state index in [1.807, 2.05) is 19.9 Å². The van der Waals surface area contributed by atoms with Crippen molar-refractivity contribution in [2.24, 2.45) is 0 Å². The molecule has 0 aliphatic carbocycles. The minimum Gasteiger partial charge on any atom is -0.380 e. The van der Waals surface area contributed by atoms with Crippen LogP contribution >= 0.6 is 0 Å². The number of pyridine rings is 1. The summed E-state index contributed by atoms with van der Waals surface area (Å²) in [5.41, 5.74) is 3.88. The highest BCUT2D eigenvalue weighted by atomic mass is 16.2. The van der Waals surface area contributed by atoms with E-state index in [0.29, 0.717) is 18.8 Å². The number of anilines is 1. The highest BCUT2D eigenvalue weighted by Gasteiger charge is 2.13. The van der Waals surface area contributed by atoms with E-state index in [2.05, 4.69) is 41.5 Å². The van der Waals surface area contributed by atoms with Gasteiger partial charge in [0.2, 0.25) is 0 Å². The van der Waals surface area contributed by atoms with E-state index in [1.165, 1.54) is 11.1 Å². The molecule has 0 unspecified atom stereocenters. The summed E-state index contributed by atoms with van der Waals surface area (Å²) in [6.45, 7) is 8.17. The predicted molar refractivity (Wildman–Crippen MR) is 90.0 cm³/mol. The zero-order valence-corrected chi connectivity index (χ0v) is 13.5. The maximum atomic E-state index is 12.2. The molecular weight excluding hydrogens is 274 g/mol. The molecule has 0 atom stereocenters. The van der Waals surface area contributed by atoms with Crippen LogP contribution in [0.15, 0.2) is 42.6 Å². The van der Waals surface area contributed by atoms with E-state index in [1.54, 1.807) is 17.2 Å². The average molecular weight is 297 g/mol. The highest BCUT2D eigenvalue weighted by molar-refractivity contribution is 5.92. The molecule has 1 amide bonds. The van der Waals surface area contributed by atoms with Crippen LogP contribution in [-0.2, 0) is 6.54 Å². The van der Waals surface area contributed by atoms with Crippen LogP contribution in [0, 0.1) is 6.92 Å². The smallest absolute Gasteiger partial charge is 0.272 e. The van der Waals surface area contributed by atoms with Crippen molar-refractivity contribution in [1.29, 1.82) is 0 Å². The van der Waals surface area contributed by atoms with Gasteiger partial charge in [0.25, 0.3) is 5.91 Å². The van der Waals surface area contributed by atoms with Crippen molar-refractivity contribution in [3.8, 4) is 0 Å². The van der Waals surface area contributed by atoms with Gasteiger partial charge in [0.15, 0.2) is 0 Å². The first-order chi connectivity index (χ1) is 10.6. The van der Waals surface area contributed by atoms with Gasteiger partial charge in [-0.2, -0.15) is 0 Å². The lowest BCUT2D eigenvalue weighted by molar-refractivity contribution is 0.0767. The Morgan fingerprint density at radius 3 is 2.55 bits per heavy atom. The van der Waals surface area contributed by atoms with Crippen LogP contribution in [0.4, 0.5) is 5.69 Å². The molecule has 0 saturated carbocycles. The van der Waals surface area contributed by atoms with Gasteiger partial charge in [0.1, 0.15) is 5.69 Å². The van der Waals surface area contributed by atoms with Gasteiger partial charge in [0.05, 0.1) is 11.9 Å². The van der Waals surface area contributed by atoms with Crippen molar-refractivity contribution < 1.29 is 4.79 Å². The van der Waals surface area contributed by atoms with Crippen molar-refractivity contribution in [2.45, 2.75) is 27.3 Å². The monoisotopic (exact) mass is 297 g/mol. The molecule has 1 aromatic carbocycles. The number of hydrogen-bond acceptors (Lipinski definition) is 3. The fourth-order valence-corrected chi connectivity index (χ4v) is 2.32. The fourth-order valence-electron chi connectivity index (χ4n) is 2.32. The average Bonchev–Trinajstić information content (AvgIpc) is 2.54. The Labute approximate surface area is 132 Å². The molecule has 4 nitrogen and oxygen atoms in total. The first-order valence-corrected chi connectivity index (χ1v) is 7.68. The number of hydrogen-bond donors (Lipinski definition) is 1. The summed E-state index contributed by atoms with van der Waals surface area (Å²) in [6.07, 6.45) is 1.71. The number of rotatable bonds is 6. The first kappa shape index (κ1) is 16.0. The number of carbonyl (C=O) groups is 1. The molecular formula is C18H23N3O. The third-order valence-electron chi connectivity index (χ3n) is 3.61. The van der Waals surface area contributed by atoms with Crippen molar-refractivity contribution in [3.05, 3.63) is 59.4 Å². The normalized spacial score (nSPS) is 10.3. The molecule has 2 aromatic rings. The zero-order valence-electron chi connectivity index (χ0n) is 13.5. The fraction of sp³-hybridized carbons (Fsp3) is 0.333. The molecule has 2 rings (SSSR count). The Bertz CT molecular complexity index is 618. The van der Waals surface area contributed by atoms with E-state index in [0.717, 1.165) is 12.2 Å². The van der Waals surface area contributed by atoms with Gasteiger partial charge in [-0.25, -0.2) is 4.98 Å². The molecule has 4 heteroatoms. The van der Waals surface area contributed by atoms with Gasteiger partial charge in [-0.15, -0.1) is 0 Å². The number of benzene rings is 1. The van der Waals surface area contributed by atoms with Crippen molar-refractivity contribution in [2.75, 3.05) is 18.4 Å². The molecule has 1 aromatic heterocycles. The van der Waals surface area contributed by atoms with Crippen LogP contribution in [0.25, 0.3) is 0 Å². The van der Waals surface area contributed by atoms with E-state index in [4.69, 9.17) is 0 Å². The molecule has 0 bridgehead atoms. The Hall–Kier alpha value is -2.36. The number of carbonyl (C=O) groups excluding carboxylic acids is 1. The van der Waals surface area contributed by atoms with Crippen LogP contribution in [0.5, 0.6) is 0 Å². The molecule has 22 heavy (non-hydrogen) atoms. The standard InChI is InChI=1S/C18H23N3O/c1-4-21(5-2)18(22)17-10-9-16(13-20-17)19-12-15-8-6-7-14(3)11-15/h6-11,13,19H,4-5,12H2,1-3H3. The molecule has 1 heterocycles. The molecule has 0 radical (unpaired) electrons. The number of nitrogens with one attached hydrogen (secondary N) is 1. The van der Waals surface area contributed by atoms with Gasteiger partial charge < -0.3 is 10.2 Å². The van der Waals surface area contributed by atoms with Crippen molar-refractivity contribution in [1.82, 2.24) is 9.88 Å². The second-order valence-electron chi connectivity index (χ2n) is 5.25. The van der Waals surface area contributed by atoms with Gasteiger partial charge >= 0.3 is 0 Å². The largest absolute Gasteiger partial charge is 0.380 e. The second-order valence-corrected chi connectivity index (χ2v) is 5.25.